The summed E-state index contributed by atoms with van der Waals surface area (Å²) in [6, 6.07) is 9.98. The summed E-state index contributed by atoms with van der Waals surface area (Å²) in [5.41, 5.74) is 0.829. The number of likely N-dealkylation sites (tertiary alicyclic amines) is 1. The zero-order valence-electron chi connectivity index (χ0n) is 15.6. The van der Waals surface area contributed by atoms with Gasteiger partial charge < -0.3 is 10.0 Å². The summed E-state index contributed by atoms with van der Waals surface area (Å²) in [5.74, 6) is -0.281. The molecule has 0 bridgehead atoms. The molecule has 0 aliphatic carbocycles. The molecule has 29 heavy (non-hydrogen) atoms. The van der Waals surface area contributed by atoms with Gasteiger partial charge in [0.15, 0.2) is 0 Å². The quantitative estimate of drug-likeness (QED) is 0.658. The number of piperidine rings is 1. The first-order valence-electron chi connectivity index (χ1n) is 9.35. The fourth-order valence-corrected chi connectivity index (χ4v) is 3.42. The van der Waals surface area contributed by atoms with Gasteiger partial charge in [0.2, 0.25) is 5.69 Å². The highest BCUT2D eigenvalue weighted by Gasteiger charge is 2.31. The van der Waals surface area contributed by atoms with Crippen LogP contribution in [0.5, 0.6) is 5.75 Å². The Labute approximate surface area is 166 Å². The van der Waals surface area contributed by atoms with Gasteiger partial charge in [-0.2, -0.15) is 10.3 Å². The maximum Gasteiger partial charge on any atom is 0.320 e. The number of hydrogen-bond acceptors (Lipinski definition) is 6. The summed E-state index contributed by atoms with van der Waals surface area (Å²) in [7, 11) is 0. The normalized spacial score (nSPS) is 17.0. The number of aromatic nitrogens is 4. The van der Waals surface area contributed by atoms with Crippen LogP contribution in [0.4, 0.5) is 0 Å². The van der Waals surface area contributed by atoms with Crippen LogP contribution in [0.2, 0.25) is 0 Å². The van der Waals surface area contributed by atoms with Crippen molar-refractivity contribution in [1.82, 2.24) is 25.0 Å². The summed E-state index contributed by atoms with van der Waals surface area (Å²) in [6.45, 7) is 0.557. The molecule has 0 saturated carbocycles. The lowest BCUT2D eigenvalue weighted by Gasteiger charge is -2.35. The van der Waals surface area contributed by atoms with E-state index < -0.39 is 11.5 Å². The molecule has 4 rings (SSSR count). The number of aromatic hydroxyl groups is 1. The Morgan fingerprint density at radius 2 is 2.07 bits per heavy atom. The minimum absolute atomic E-state index is 0.130. The molecular formula is C20H20N6O3. The average molecular weight is 392 g/mol. The van der Waals surface area contributed by atoms with Gasteiger partial charge in [0, 0.05) is 18.9 Å². The van der Waals surface area contributed by atoms with Crippen molar-refractivity contribution < 1.29 is 9.90 Å². The third-order valence-electron chi connectivity index (χ3n) is 4.90. The standard InChI is InChI=1S/C20H20N6O3/c27-16-8-6-14(7-9-16)12-22-26-20(29)18(23-24-26)19(28)25-11-2-1-5-17(25)15-4-3-10-21-13-15/h3-4,6-10,12-13,17,24,27H,1-2,5,11H2. The van der Waals surface area contributed by atoms with Crippen LogP contribution in [-0.2, 0) is 0 Å². The van der Waals surface area contributed by atoms with Crippen LogP contribution in [0.15, 0.2) is 58.7 Å². The average Bonchev–Trinajstić information content (AvgIpc) is 3.14. The van der Waals surface area contributed by atoms with Gasteiger partial charge in [0.1, 0.15) is 5.75 Å². The predicted octanol–water partition coefficient (Wildman–Crippen LogP) is 1.92. The Morgan fingerprint density at radius 1 is 1.24 bits per heavy atom. The second kappa shape index (κ2) is 8.09. The first kappa shape index (κ1) is 18.6. The predicted molar refractivity (Wildman–Crippen MR) is 106 cm³/mol. The number of nitrogens with zero attached hydrogens (tertiary/aromatic N) is 5. The molecule has 2 aromatic heterocycles. The van der Waals surface area contributed by atoms with Crippen molar-refractivity contribution in [3.8, 4) is 5.75 Å². The number of benzene rings is 1. The van der Waals surface area contributed by atoms with Crippen molar-refractivity contribution in [2.75, 3.05) is 6.54 Å². The van der Waals surface area contributed by atoms with E-state index in [2.05, 4.69) is 20.4 Å². The summed E-state index contributed by atoms with van der Waals surface area (Å²) in [6.07, 6.45) is 7.57. The topological polar surface area (TPSA) is 116 Å². The highest BCUT2D eigenvalue weighted by atomic mass is 16.3. The third kappa shape index (κ3) is 3.93. The van der Waals surface area contributed by atoms with Crippen molar-refractivity contribution in [1.29, 1.82) is 0 Å². The highest BCUT2D eigenvalue weighted by molar-refractivity contribution is 5.92. The molecule has 9 heteroatoms. The van der Waals surface area contributed by atoms with E-state index in [1.54, 1.807) is 29.4 Å². The van der Waals surface area contributed by atoms with Gasteiger partial charge in [-0.05, 0) is 60.7 Å². The number of rotatable bonds is 4. The van der Waals surface area contributed by atoms with Crippen molar-refractivity contribution in [2.24, 2.45) is 5.10 Å². The van der Waals surface area contributed by atoms with E-state index in [1.807, 2.05) is 12.1 Å². The summed E-state index contributed by atoms with van der Waals surface area (Å²) in [5, 5.41) is 19.7. The van der Waals surface area contributed by atoms with E-state index in [1.165, 1.54) is 18.3 Å². The molecule has 1 unspecified atom stereocenters. The first-order valence-corrected chi connectivity index (χ1v) is 9.35. The van der Waals surface area contributed by atoms with E-state index >= 15 is 0 Å². The molecule has 2 N–H and O–H groups in total. The number of aromatic amines is 1. The second-order valence-corrected chi connectivity index (χ2v) is 6.81. The largest absolute Gasteiger partial charge is 0.508 e. The Balaban J connectivity index is 1.57. The minimum atomic E-state index is -0.611. The van der Waals surface area contributed by atoms with Gasteiger partial charge in [-0.1, -0.05) is 6.07 Å². The van der Waals surface area contributed by atoms with E-state index in [4.69, 9.17) is 0 Å². The molecule has 148 valence electrons. The molecule has 1 amide bonds. The Morgan fingerprint density at radius 3 is 2.83 bits per heavy atom. The number of pyridine rings is 1. The monoisotopic (exact) mass is 392 g/mol. The summed E-state index contributed by atoms with van der Waals surface area (Å²) in [4.78, 5) is 32.4. The number of amides is 1. The fraction of sp³-hybridized carbons (Fsp3) is 0.250. The van der Waals surface area contributed by atoms with Crippen LogP contribution < -0.4 is 5.56 Å². The van der Waals surface area contributed by atoms with E-state index in [0.29, 0.717) is 12.1 Å². The SMILES string of the molecule is O=C(c1n[nH]n(N=Cc2ccc(O)cc2)c1=O)N1CCCCC1c1cccnc1. The molecule has 1 atom stereocenters. The number of phenols is 1. The zero-order chi connectivity index (χ0) is 20.2. The van der Waals surface area contributed by atoms with E-state index in [9.17, 15) is 14.7 Å². The number of phenolic OH excluding ortho intramolecular Hbond substituents is 1. The second-order valence-electron chi connectivity index (χ2n) is 6.81. The van der Waals surface area contributed by atoms with Gasteiger partial charge in [0.25, 0.3) is 5.91 Å². The van der Waals surface area contributed by atoms with Crippen molar-refractivity contribution in [3.63, 3.8) is 0 Å². The number of carbonyl (C=O) groups excluding carboxylic acids is 1. The van der Waals surface area contributed by atoms with E-state index in [-0.39, 0.29) is 17.5 Å². The maximum absolute atomic E-state index is 13.1. The molecule has 1 aliphatic rings. The smallest absolute Gasteiger partial charge is 0.320 e. The third-order valence-corrected chi connectivity index (χ3v) is 4.90. The van der Waals surface area contributed by atoms with Gasteiger partial charge in [0.05, 0.1) is 12.3 Å². The summed E-state index contributed by atoms with van der Waals surface area (Å²) < 4.78 is 0. The van der Waals surface area contributed by atoms with Gasteiger partial charge in [-0.25, -0.2) is 0 Å². The van der Waals surface area contributed by atoms with Crippen molar-refractivity contribution >= 4 is 12.1 Å². The maximum atomic E-state index is 13.1. The molecule has 9 nitrogen and oxygen atoms in total. The van der Waals surface area contributed by atoms with Crippen LogP contribution in [0.1, 0.15) is 46.9 Å². The summed E-state index contributed by atoms with van der Waals surface area (Å²) >= 11 is 0. The van der Waals surface area contributed by atoms with Crippen LogP contribution in [0.3, 0.4) is 0 Å². The van der Waals surface area contributed by atoms with Crippen molar-refractivity contribution in [2.45, 2.75) is 25.3 Å². The molecule has 0 radical (unpaired) electrons. The van der Waals surface area contributed by atoms with Crippen LogP contribution in [0.25, 0.3) is 0 Å². The number of hydrogen-bond donors (Lipinski definition) is 2. The fourth-order valence-electron chi connectivity index (χ4n) is 3.42. The number of H-pyrrole nitrogens is 1. The molecule has 1 aromatic carbocycles. The Bertz CT molecular complexity index is 1070. The molecule has 3 aromatic rings. The molecular weight excluding hydrogens is 372 g/mol. The first-order chi connectivity index (χ1) is 14.1. The molecule has 0 spiro atoms. The van der Waals surface area contributed by atoms with Crippen LogP contribution in [-0.4, -0.2) is 48.8 Å². The minimum Gasteiger partial charge on any atom is -0.508 e. The molecule has 1 saturated heterocycles. The molecule has 1 fully saturated rings. The molecule has 1 aliphatic heterocycles. The highest BCUT2D eigenvalue weighted by Crippen LogP contribution is 2.31. The molecule has 3 heterocycles. The van der Waals surface area contributed by atoms with Crippen LogP contribution in [0, 0.1) is 0 Å². The lowest BCUT2D eigenvalue weighted by Crippen LogP contribution is -2.40. The lowest BCUT2D eigenvalue weighted by molar-refractivity contribution is 0.0603. The van der Waals surface area contributed by atoms with Crippen LogP contribution >= 0.6 is 0 Å². The Kier molecular flexibility index (Phi) is 5.19. The van der Waals surface area contributed by atoms with Gasteiger partial charge >= 0.3 is 5.56 Å². The van der Waals surface area contributed by atoms with Crippen molar-refractivity contribution in [3.05, 3.63) is 76.0 Å². The number of carbonyl (C=O) groups is 1. The van der Waals surface area contributed by atoms with E-state index in [0.717, 1.165) is 29.6 Å². The zero-order valence-corrected chi connectivity index (χ0v) is 15.6. The number of nitrogens with one attached hydrogen (secondary N) is 1. The van der Waals surface area contributed by atoms with Gasteiger partial charge in [-0.15, -0.1) is 9.89 Å². The van der Waals surface area contributed by atoms with Gasteiger partial charge in [-0.3, -0.25) is 14.6 Å². The Hall–Kier alpha value is -3.75. The lowest BCUT2D eigenvalue weighted by atomic mass is 9.96.